The third kappa shape index (κ3) is 5.49. The molecule has 0 bridgehead atoms. The first-order valence-corrected chi connectivity index (χ1v) is 8.03. The molecule has 0 saturated carbocycles. The molecule has 0 spiro atoms. The van der Waals surface area contributed by atoms with Crippen LogP contribution in [0.3, 0.4) is 0 Å². The lowest BCUT2D eigenvalue weighted by Gasteiger charge is -2.30. The minimum atomic E-state index is -0.263. The number of para-hydroxylation sites is 1. The highest BCUT2D eigenvalue weighted by atomic mass is 16.5. The summed E-state index contributed by atoms with van der Waals surface area (Å²) in [6.07, 6.45) is 0.137. The Kier molecular flexibility index (Phi) is 6.83. The monoisotopic (exact) mass is 321 g/mol. The number of methoxy groups -OCH3 is 1. The Labute approximate surface area is 138 Å². The normalized spacial score (nSPS) is 20.0. The van der Waals surface area contributed by atoms with Crippen LogP contribution in [0.15, 0.2) is 24.3 Å². The smallest absolute Gasteiger partial charge is 0.237 e. The van der Waals surface area contributed by atoms with Gasteiger partial charge >= 0.3 is 0 Å². The van der Waals surface area contributed by atoms with Crippen LogP contribution in [-0.4, -0.2) is 63.4 Å². The number of nitrogens with one attached hydrogen (secondary N) is 2. The van der Waals surface area contributed by atoms with Gasteiger partial charge in [0.1, 0.15) is 5.75 Å². The molecule has 1 amide bonds. The van der Waals surface area contributed by atoms with E-state index in [4.69, 9.17) is 9.47 Å². The zero-order valence-corrected chi connectivity index (χ0v) is 14.2. The van der Waals surface area contributed by atoms with Gasteiger partial charge in [-0.1, -0.05) is 18.2 Å². The second-order valence-electron chi connectivity index (χ2n) is 5.91. The maximum absolute atomic E-state index is 12.2. The summed E-state index contributed by atoms with van der Waals surface area (Å²) in [5.41, 5.74) is 0.966. The number of likely N-dealkylation sites (N-methyl/N-ethyl adjacent to an activating group) is 1. The average Bonchev–Trinajstić information content (AvgIpc) is 2.57. The lowest BCUT2D eigenvalue weighted by molar-refractivity contribution is -0.123. The Bertz CT molecular complexity index is 510. The Hall–Kier alpha value is -1.63. The summed E-state index contributed by atoms with van der Waals surface area (Å²) in [4.78, 5) is 14.4. The fourth-order valence-corrected chi connectivity index (χ4v) is 2.58. The number of amides is 1. The zero-order chi connectivity index (χ0) is 16.7. The summed E-state index contributed by atoms with van der Waals surface area (Å²) in [7, 11) is 3.71. The van der Waals surface area contributed by atoms with E-state index in [1.165, 1.54) is 0 Å². The first-order valence-electron chi connectivity index (χ1n) is 8.03. The SMILES string of the molecule is COc1ccccc1CNC(=O)C(C)NCC1CN(C)CCO1. The van der Waals surface area contributed by atoms with Crippen LogP contribution < -0.4 is 15.4 Å². The highest BCUT2D eigenvalue weighted by molar-refractivity contribution is 5.81. The number of nitrogens with zero attached hydrogens (tertiary/aromatic N) is 1. The van der Waals surface area contributed by atoms with Crippen molar-refractivity contribution in [2.24, 2.45) is 0 Å². The molecule has 1 aromatic rings. The molecule has 0 radical (unpaired) electrons. The zero-order valence-electron chi connectivity index (χ0n) is 14.2. The van der Waals surface area contributed by atoms with Gasteiger partial charge < -0.3 is 25.0 Å². The number of hydrogen-bond donors (Lipinski definition) is 2. The van der Waals surface area contributed by atoms with Gasteiger partial charge in [0.05, 0.1) is 25.9 Å². The van der Waals surface area contributed by atoms with Gasteiger partial charge in [-0.3, -0.25) is 4.79 Å². The maximum Gasteiger partial charge on any atom is 0.237 e. The van der Waals surface area contributed by atoms with Crippen molar-refractivity contribution in [3.63, 3.8) is 0 Å². The minimum Gasteiger partial charge on any atom is -0.496 e. The molecule has 2 N–H and O–H groups in total. The molecule has 1 fully saturated rings. The summed E-state index contributed by atoms with van der Waals surface area (Å²) < 4.78 is 11.0. The number of benzene rings is 1. The third-order valence-electron chi connectivity index (χ3n) is 4.03. The van der Waals surface area contributed by atoms with Crippen LogP contribution in [0.25, 0.3) is 0 Å². The van der Waals surface area contributed by atoms with E-state index in [1.54, 1.807) is 7.11 Å². The fourth-order valence-electron chi connectivity index (χ4n) is 2.58. The van der Waals surface area contributed by atoms with Crippen LogP contribution in [0.4, 0.5) is 0 Å². The number of carbonyl (C=O) groups excluding carboxylic acids is 1. The summed E-state index contributed by atoms with van der Waals surface area (Å²) >= 11 is 0. The van der Waals surface area contributed by atoms with Gasteiger partial charge in [-0.2, -0.15) is 0 Å². The van der Waals surface area contributed by atoms with Crippen molar-refractivity contribution in [2.45, 2.75) is 25.6 Å². The first kappa shape index (κ1) is 17.7. The molecule has 2 unspecified atom stereocenters. The minimum absolute atomic E-state index is 0.0277. The molecule has 1 aromatic carbocycles. The highest BCUT2D eigenvalue weighted by Crippen LogP contribution is 2.16. The molecule has 1 saturated heterocycles. The van der Waals surface area contributed by atoms with E-state index in [9.17, 15) is 4.79 Å². The van der Waals surface area contributed by atoms with Crippen LogP contribution in [0, 0.1) is 0 Å². The predicted octanol–water partition coefficient (Wildman–Crippen LogP) is 0.620. The second kappa shape index (κ2) is 8.86. The lowest BCUT2D eigenvalue weighted by atomic mass is 10.2. The molecule has 128 valence electrons. The molecule has 6 nitrogen and oxygen atoms in total. The molecule has 23 heavy (non-hydrogen) atoms. The van der Waals surface area contributed by atoms with Gasteiger partial charge in [0.15, 0.2) is 0 Å². The molecular weight excluding hydrogens is 294 g/mol. The quantitative estimate of drug-likeness (QED) is 0.771. The van der Waals surface area contributed by atoms with E-state index in [1.807, 2.05) is 31.2 Å². The molecule has 1 heterocycles. The topological polar surface area (TPSA) is 62.8 Å². The van der Waals surface area contributed by atoms with Gasteiger partial charge in [0.2, 0.25) is 5.91 Å². The predicted molar refractivity (Wildman–Crippen MR) is 89.5 cm³/mol. The molecule has 2 atom stereocenters. The van der Waals surface area contributed by atoms with Crippen molar-refractivity contribution in [1.82, 2.24) is 15.5 Å². The number of carbonyl (C=O) groups is 1. The van der Waals surface area contributed by atoms with E-state index in [0.717, 1.165) is 31.0 Å². The van der Waals surface area contributed by atoms with Gasteiger partial charge in [0.25, 0.3) is 0 Å². The van der Waals surface area contributed by atoms with Crippen molar-refractivity contribution >= 4 is 5.91 Å². The van der Waals surface area contributed by atoms with Crippen molar-refractivity contribution in [3.05, 3.63) is 29.8 Å². The number of hydrogen-bond acceptors (Lipinski definition) is 5. The molecule has 6 heteroatoms. The standard InChI is InChI=1S/C17H27N3O3/c1-13(18-11-15-12-20(2)8-9-23-15)17(21)19-10-14-6-4-5-7-16(14)22-3/h4-7,13,15,18H,8-12H2,1-3H3,(H,19,21). The van der Waals surface area contributed by atoms with E-state index in [0.29, 0.717) is 13.1 Å². The molecule has 1 aliphatic heterocycles. The van der Waals surface area contributed by atoms with Crippen LogP contribution >= 0.6 is 0 Å². The van der Waals surface area contributed by atoms with Crippen molar-refractivity contribution in [2.75, 3.05) is 40.4 Å². The number of ether oxygens (including phenoxy) is 2. The van der Waals surface area contributed by atoms with E-state index in [-0.39, 0.29) is 18.1 Å². The number of morpholine rings is 1. The fraction of sp³-hybridized carbons (Fsp3) is 0.588. The Morgan fingerprint density at radius 1 is 1.48 bits per heavy atom. The summed E-state index contributed by atoms with van der Waals surface area (Å²) in [6, 6.07) is 7.42. The van der Waals surface area contributed by atoms with Gasteiger partial charge in [-0.15, -0.1) is 0 Å². The van der Waals surface area contributed by atoms with E-state index < -0.39 is 0 Å². The van der Waals surface area contributed by atoms with Gasteiger partial charge in [-0.25, -0.2) is 0 Å². The van der Waals surface area contributed by atoms with Crippen molar-refractivity contribution in [1.29, 1.82) is 0 Å². The molecule has 2 rings (SSSR count). The maximum atomic E-state index is 12.2. The Morgan fingerprint density at radius 3 is 3.00 bits per heavy atom. The van der Waals surface area contributed by atoms with Crippen LogP contribution in [0.2, 0.25) is 0 Å². The molecule has 1 aliphatic rings. The Balaban J connectivity index is 1.74. The first-order chi connectivity index (χ1) is 11.1. The van der Waals surface area contributed by atoms with Crippen molar-refractivity contribution in [3.8, 4) is 5.75 Å². The van der Waals surface area contributed by atoms with Gasteiger partial charge in [-0.05, 0) is 20.0 Å². The van der Waals surface area contributed by atoms with Crippen molar-refractivity contribution < 1.29 is 14.3 Å². The summed E-state index contributed by atoms with van der Waals surface area (Å²) in [5, 5.41) is 6.18. The van der Waals surface area contributed by atoms with Crippen LogP contribution in [0.1, 0.15) is 12.5 Å². The molecule has 0 aliphatic carbocycles. The average molecular weight is 321 g/mol. The lowest BCUT2D eigenvalue weighted by Crippen LogP contribution is -2.49. The largest absolute Gasteiger partial charge is 0.496 e. The van der Waals surface area contributed by atoms with Crippen LogP contribution in [-0.2, 0) is 16.1 Å². The summed E-state index contributed by atoms with van der Waals surface area (Å²) in [6.45, 7) is 5.60. The molecular formula is C17H27N3O3. The van der Waals surface area contributed by atoms with E-state index in [2.05, 4.69) is 22.6 Å². The van der Waals surface area contributed by atoms with Crippen LogP contribution in [0.5, 0.6) is 5.75 Å². The Morgan fingerprint density at radius 2 is 2.26 bits per heavy atom. The molecule has 0 aromatic heterocycles. The third-order valence-corrected chi connectivity index (χ3v) is 4.03. The van der Waals surface area contributed by atoms with E-state index >= 15 is 0 Å². The second-order valence-corrected chi connectivity index (χ2v) is 5.91. The number of rotatable bonds is 7. The van der Waals surface area contributed by atoms with Gasteiger partial charge in [0, 0.05) is 31.7 Å². The summed E-state index contributed by atoms with van der Waals surface area (Å²) in [5.74, 6) is 0.757. The highest BCUT2D eigenvalue weighted by Gasteiger charge is 2.20.